The first-order valence-electron chi connectivity index (χ1n) is 8.06. The highest BCUT2D eigenvalue weighted by atomic mass is 32.1. The smallest absolute Gasteiger partial charge is 0.183 e. The van der Waals surface area contributed by atoms with Crippen LogP contribution in [0.15, 0.2) is 41.9 Å². The second kappa shape index (κ2) is 6.21. The number of benzene rings is 1. The van der Waals surface area contributed by atoms with Gasteiger partial charge >= 0.3 is 0 Å². The molecule has 0 unspecified atom stereocenters. The number of hydrogen-bond donors (Lipinski definition) is 1. The first kappa shape index (κ1) is 16.2. The van der Waals surface area contributed by atoms with Crippen molar-refractivity contribution >= 4 is 28.1 Å². The van der Waals surface area contributed by atoms with Crippen molar-refractivity contribution in [2.45, 2.75) is 13.8 Å². The Morgan fingerprint density at radius 1 is 1.12 bits per heavy atom. The molecule has 0 atom stereocenters. The van der Waals surface area contributed by atoms with E-state index in [1.807, 2.05) is 36.4 Å². The van der Waals surface area contributed by atoms with E-state index in [1.54, 1.807) is 17.5 Å². The quantitative estimate of drug-likeness (QED) is 0.571. The predicted octanol–water partition coefficient (Wildman–Crippen LogP) is 4.49. The van der Waals surface area contributed by atoms with Crippen LogP contribution in [0, 0.1) is 25.2 Å². The average molecular weight is 357 g/mol. The summed E-state index contributed by atoms with van der Waals surface area (Å²) < 4.78 is 0. The molecule has 3 aromatic heterocycles. The van der Waals surface area contributed by atoms with Gasteiger partial charge in [0.1, 0.15) is 11.8 Å². The zero-order valence-corrected chi connectivity index (χ0v) is 15.1. The third-order valence-electron chi connectivity index (χ3n) is 4.41. The number of nitrogens with zero attached hydrogens (tertiary/aromatic N) is 4. The maximum absolute atomic E-state index is 9.34. The zero-order valence-electron chi connectivity index (χ0n) is 14.3. The summed E-state index contributed by atoms with van der Waals surface area (Å²) in [5.41, 5.74) is 11.6. The van der Waals surface area contributed by atoms with Crippen molar-refractivity contribution < 1.29 is 0 Å². The van der Waals surface area contributed by atoms with E-state index in [9.17, 15) is 5.26 Å². The molecule has 1 aromatic carbocycles. The highest BCUT2D eigenvalue weighted by Gasteiger charge is 2.19. The van der Waals surface area contributed by atoms with Crippen LogP contribution < -0.4 is 5.73 Å². The van der Waals surface area contributed by atoms with Gasteiger partial charge in [0, 0.05) is 17.1 Å². The van der Waals surface area contributed by atoms with Crippen LogP contribution in [0.4, 0.5) is 5.82 Å². The Balaban J connectivity index is 2.02. The van der Waals surface area contributed by atoms with Gasteiger partial charge < -0.3 is 5.73 Å². The Labute approximate surface area is 154 Å². The van der Waals surface area contributed by atoms with Crippen LogP contribution in [0.5, 0.6) is 0 Å². The summed E-state index contributed by atoms with van der Waals surface area (Å²) in [7, 11) is 0. The molecule has 0 saturated carbocycles. The van der Waals surface area contributed by atoms with Gasteiger partial charge in [-0.2, -0.15) is 5.26 Å². The number of pyridine rings is 1. The number of aryl methyl sites for hydroxylation is 1. The van der Waals surface area contributed by atoms with Gasteiger partial charge in [0.15, 0.2) is 11.5 Å². The molecule has 0 spiro atoms. The Morgan fingerprint density at radius 2 is 1.96 bits per heavy atom. The van der Waals surface area contributed by atoms with E-state index in [1.165, 1.54) is 5.56 Å². The van der Waals surface area contributed by atoms with Crippen LogP contribution in [-0.4, -0.2) is 15.0 Å². The molecule has 5 nitrogen and oxygen atoms in total. The molecule has 0 fully saturated rings. The van der Waals surface area contributed by atoms with Crippen LogP contribution in [0.2, 0.25) is 0 Å². The number of aromatic nitrogens is 3. The standard InChI is InChI=1S/C20H15N5S/c1-11-10-26-19(12(11)2)18-17(24-16(9-21)20(22)25-18)14-5-6-15-13(8-14)4-3-7-23-15/h3-8,10H,1-2H3,(H2,22,25). The molecule has 0 radical (unpaired) electrons. The van der Waals surface area contributed by atoms with Crippen molar-refractivity contribution in [3.63, 3.8) is 0 Å². The zero-order chi connectivity index (χ0) is 18.3. The highest BCUT2D eigenvalue weighted by molar-refractivity contribution is 7.14. The molecule has 126 valence electrons. The minimum atomic E-state index is 0.140. The molecule has 0 saturated heterocycles. The van der Waals surface area contributed by atoms with E-state index in [-0.39, 0.29) is 11.5 Å². The Bertz CT molecular complexity index is 1190. The average Bonchev–Trinajstić information content (AvgIpc) is 3.00. The molecular weight excluding hydrogens is 342 g/mol. The number of nitrogens with two attached hydrogens (primary N) is 1. The van der Waals surface area contributed by atoms with E-state index < -0.39 is 0 Å². The van der Waals surface area contributed by atoms with Gasteiger partial charge in [0.25, 0.3) is 0 Å². The van der Waals surface area contributed by atoms with Gasteiger partial charge in [0.2, 0.25) is 0 Å². The first-order valence-corrected chi connectivity index (χ1v) is 8.94. The molecule has 4 rings (SSSR count). The maximum atomic E-state index is 9.34. The number of anilines is 1. The molecule has 2 N–H and O–H groups in total. The lowest BCUT2D eigenvalue weighted by atomic mass is 10.0. The van der Waals surface area contributed by atoms with Crippen molar-refractivity contribution in [3.05, 3.63) is 58.7 Å². The maximum Gasteiger partial charge on any atom is 0.183 e. The second-order valence-corrected chi connectivity index (χ2v) is 6.93. The monoisotopic (exact) mass is 357 g/mol. The normalized spacial score (nSPS) is 10.8. The van der Waals surface area contributed by atoms with Crippen molar-refractivity contribution in [1.82, 2.24) is 15.0 Å². The van der Waals surface area contributed by atoms with Gasteiger partial charge in [0.05, 0.1) is 16.1 Å². The number of fused-ring (bicyclic) bond motifs is 1. The van der Waals surface area contributed by atoms with E-state index in [0.717, 1.165) is 26.9 Å². The highest BCUT2D eigenvalue weighted by Crippen LogP contribution is 2.37. The summed E-state index contributed by atoms with van der Waals surface area (Å²) in [4.78, 5) is 14.4. The Morgan fingerprint density at radius 3 is 2.69 bits per heavy atom. The van der Waals surface area contributed by atoms with E-state index >= 15 is 0 Å². The third kappa shape index (κ3) is 2.59. The fraction of sp³-hybridized carbons (Fsp3) is 0.100. The third-order valence-corrected chi connectivity index (χ3v) is 5.61. The molecule has 0 amide bonds. The fourth-order valence-corrected chi connectivity index (χ4v) is 3.91. The SMILES string of the molecule is Cc1csc(-c2nc(N)c(C#N)nc2-c2ccc3ncccc3c2)c1C. The summed E-state index contributed by atoms with van der Waals surface area (Å²) in [5, 5.41) is 12.4. The van der Waals surface area contributed by atoms with E-state index in [4.69, 9.17) is 5.73 Å². The minimum absolute atomic E-state index is 0.140. The molecule has 6 heteroatoms. The van der Waals surface area contributed by atoms with E-state index in [0.29, 0.717) is 11.4 Å². The first-order chi connectivity index (χ1) is 12.6. The molecule has 0 aliphatic rings. The molecule has 4 aromatic rings. The van der Waals surface area contributed by atoms with Crippen molar-refractivity contribution in [3.8, 4) is 27.9 Å². The Kier molecular flexibility index (Phi) is 3.86. The number of hydrogen-bond acceptors (Lipinski definition) is 6. The van der Waals surface area contributed by atoms with Crippen molar-refractivity contribution in [2.24, 2.45) is 0 Å². The van der Waals surface area contributed by atoms with Crippen molar-refractivity contribution in [2.75, 3.05) is 5.73 Å². The van der Waals surface area contributed by atoms with Gasteiger partial charge in [-0.1, -0.05) is 12.1 Å². The van der Waals surface area contributed by atoms with Crippen LogP contribution >= 0.6 is 11.3 Å². The molecule has 0 bridgehead atoms. The summed E-state index contributed by atoms with van der Waals surface area (Å²) in [6.45, 7) is 4.13. The fourth-order valence-electron chi connectivity index (χ4n) is 2.85. The summed E-state index contributed by atoms with van der Waals surface area (Å²) in [5.74, 6) is 0.152. The predicted molar refractivity (Wildman–Crippen MR) is 105 cm³/mol. The molecule has 26 heavy (non-hydrogen) atoms. The lowest BCUT2D eigenvalue weighted by Gasteiger charge is -2.11. The van der Waals surface area contributed by atoms with Crippen LogP contribution in [-0.2, 0) is 0 Å². The van der Waals surface area contributed by atoms with Gasteiger partial charge in [-0.05, 0) is 48.6 Å². The van der Waals surface area contributed by atoms with Crippen LogP contribution in [0.3, 0.4) is 0 Å². The van der Waals surface area contributed by atoms with Crippen LogP contribution in [0.25, 0.3) is 32.7 Å². The van der Waals surface area contributed by atoms with Gasteiger partial charge in [-0.15, -0.1) is 11.3 Å². The number of nitriles is 1. The largest absolute Gasteiger partial charge is 0.381 e. The second-order valence-electron chi connectivity index (χ2n) is 6.05. The molecule has 3 heterocycles. The lowest BCUT2D eigenvalue weighted by molar-refractivity contribution is 1.18. The van der Waals surface area contributed by atoms with Crippen molar-refractivity contribution in [1.29, 1.82) is 5.26 Å². The molecular formula is C20H15N5S. The lowest BCUT2D eigenvalue weighted by Crippen LogP contribution is -2.03. The van der Waals surface area contributed by atoms with Gasteiger partial charge in [-0.3, -0.25) is 4.98 Å². The number of rotatable bonds is 2. The van der Waals surface area contributed by atoms with E-state index in [2.05, 4.69) is 34.2 Å². The summed E-state index contributed by atoms with van der Waals surface area (Å²) in [6.07, 6.45) is 1.77. The number of thiophene rings is 1. The topological polar surface area (TPSA) is 88.5 Å². The minimum Gasteiger partial charge on any atom is -0.381 e. The van der Waals surface area contributed by atoms with Crippen LogP contribution in [0.1, 0.15) is 16.8 Å². The molecule has 0 aliphatic carbocycles. The molecule has 0 aliphatic heterocycles. The number of nitrogen functional groups attached to an aromatic ring is 1. The Hall–Kier alpha value is -3.30. The van der Waals surface area contributed by atoms with Gasteiger partial charge in [-0.25, -0.2) is 9.97 Å². The summed E-state index contributed by atoms with van der Waals surface area (Å²) >= 11 is 1.61. The summed E-state index contributed by atoms with van der Waals surface area (Å²) in [6, 6.07) is 11.9.